The minimum atomic E-state index is -0.598. The van der Waals surface area contributed by atoms with Gasteiger partial charge in [-0.25, -0.2) is 0 Å². The Balaban J connectivity index is 1.60. The summed E-state index contributed by atoms with van der Waals surface area (Å²) >= 11 is 0. The molecule has 2 aliphatic heterocycles. The average Bonchev–Trinajstić information content (AvgIpc) is 2.56. The van der Waals surface area contributed by atoms with Crippen LogP contribution in [0.25, 0.3) is 0 Å². The van der Waals surface area contributed by atoms with Gasteiger partial charge in [0.1, 0.15) is 0 Å². The van der Waals surface area contributed by atoms with Crippen molar-refractivity contribution < 1.29 is 9.84 Å². The molecule has 0 radical (unpaired) electrons. The molecule has 0 bridgehead atoms. The Hall–Kier alpha value is -1.24. The van der Waals surface area contributed by atoms with Gasteiger partial charge in [0.15, 0.2) is 5.82 Å². The lowest BCUT2D eigenvalue weighted by atomic mass is 9.92. The number of hydrogen-bond donors (Lipinski definition) is 1. The predicted molar refractivity (Wildman–Crippen MR) is 89.6 cm³/mol. The van der Waals surface area contributed by atoms with Gasteiger partial charge in [0.2, 0.25) is 0 Å². The molecule has 2 aliphatic rings. The van der Waals surface area contributed by atoms with Crippen LogP contribution >= 0.6 is 0 Å². The Labute approximate surface area is 138 Å². The van der Waals surface area contributed by atoms with Crippen molar-refractivity contribution in [2.75, 3.05) is 44.8 Å². The fourth-order valence-corrected chi connectivity index (χ4v) is 3.59. The summed E-state index contributed by atoms with van der Waals surface area (Å²) in [4.78, 5) is 4.63. The van der Waals surface area contributed by atoms with E-state index in [9.17, 15) is 5.11 Å². The van der Waals surface area contributed by atoms with E-state index in [0.29, 0.717) is 25.8 Å². The van der Waals surface area contributed by atoms with E-state index in [1.165, 1.54) is 6.42 Å². The fourth-order valence-electron chi connectivity index (χ4n) is 3.59. The molecule has 0 aromatic carbocycles. The minimum Gasteiger partial charge on any atom is -0.388 e. The van der Waals surface area contributed by atoms with E-state index in [1.54, 1.807) is 0 Å². The van der Waals surface area contributed by atoms with E-state index in [0.717, 1.165) is 43.9 Å². The van der Waals surface area contributed by atoms with E-state index in [4.69, 9.17) is 4.74 Å². The molecular formula is C17H28N4O2. The normalized spacial score (nSPS) is 24.9. The maximum atomic E-state index is 10.7. The highest BCUT2D eigenvalue weighted by Crippen LogP contribution is 2.25. The number of likely N-dealkylation sites (N-methyl/N-ethyl adjacent to an activating group) is 1. The molecule has 1 unspecified atom stereocenters. The van der Waals surface area contributed by atoms with Crippen LogP contribution in [0, 0.1) is 6.92 Å². The molecule has 0 saturated carbocycles. The summed E-state index contributed by atoms with van der Waals surface area (Å²) < 4.78 is 5.37. The molecule has 0 amide bonds. The zero-order valence-corrected chi connectivity index (χ0v) is 14.2. The van der Waals surface area contributed by atoms with Gasteiger partial charge in [0.05, 0.1) is 11.3 Å². The van der Waals surface area contributed by atoms with Crippen LogP contribution in [0.2, 0.25) is 0 Å². The Morgan fingerprint density at radius 2 is 2.13 bits per heavy atom. The molecule has 2 fully saturated rings. The molecule has 6 heteroatoms. The summed E-state index contributed by atoms with van der Waals surface area (Å²) in [5.41, 5.74) is 0.347. The number of aromatic nitrogens is 2. The van der Waals surface area contributed by atoms with E-state index in [1.807, 2.05) is 13.0 Å². The second-order valence-electron chi connectivity index (χ2n) is 7.03. The molecule has 23 heavy (non-hydrogen) atoms. The summed E-state index contributed by atoms with van der Waals surface area (Å²) in [5, 5.41) is 19.2. The van der Waals surface area contributed by atoms with Crippen molar-refractivity contribution in [2.45, 2.75) is 44.2 Å². The fraction of sp³-hybridized carbons (Fsp3) is 0.765. The molecule has 1 N–H and O–H groups in total. The van der Waals surface area contributed by atoms with E-state index in [-0.39, 0.29) is 0 Å². The SMILES string of the molecule is Cc1ccc(N2CCCC(N(C)CC3(O)CCOCC3)C2)nn1. The third kappa shape index (κ3) is 4.19. The molecule has 0 spiro atoms. The maximum Gasteiger partial charge on any atom is 0.151 e. The van der Waals surface area contributed by atoms with Crippen molar-refractivity contribution in [3.63, 3.8) is 0 Å². The monoisotopic (exact) mass is 320 g/mol. The second-order valence-corrected chi connectivity index (χ2v) is 7.03. The van der Waals surface area contributed by atoms with E-state index >= 15 is 0 Å². The first-order chi connectivity index (χ1) is 11.1. The first kappa shape index (κ1) is 16.6. The van der Waals surface area contributed by atoms with Crippen molar-refractivity contribution in [3.05, 3.63) is 17.8 Å². The summed E-state index contributed by atoms with van der Waals surface area (Å²) in [5.74, 6) is 0.957. The standard InChI is InChI=1S/C17H28N4O2/c1-14-5-6-16(19-18-14)21-9-3-4-15(12-21)20(2)13-17(22)7-10-23-11-8-17/h5-6,15,22H,3-4,7-13H2,1-2H3. The number of hydrogen-bond acceptors (Lipinski definition) is 6. The molecule has 1 aromatic heterocycles. The Bertz CT molecular complexity index is 502. The first-order valence-corrected chi connectivity index (χ1v) is 8.61. The molecule has 6 nitrogen and oxygen atoms in total. The van der Waals surface area contributed by atoms with Gasteiger partial charge in [-0.1, -0.05) is 0 Å². The summed E-state index contributed by atoms with van der Waals surface area (Å²) in [7, 11) is 2.13. The van der Waals surface area contributed by atoms with Crippen LogP contribution in [-0.2, 0) is 4.74 Å². The van der Waals surface area contributed by atoms with Crippen LogP contribution in [0.1, 0.15) is 31.4 Å². The number of aliphatic hydroxyl groups is 1. The zero-order chi connectivity index (χ0) is 16.3. The van der Waals surface area contributed by atoms with Gasteiger partial charge in [-0.05, 0) is 38.9 Å². The quantitative estimate of drug-likeness (QED) is 0.900. The molecule has 3 rings (SSSR count). The van der Waals surface area contributed by atoms with E-state index in [2.05, 4.69) is 33.1 Å². The first-order valence-electron chi connectivity index (χ1n) is 8.61. The van der Waals surface area contributed by atoms with Crippen LogP contribution < -0.4 is 4.90 Å². The van der Waals surface area contributed by atoms with Crippen LogP contribution in [0.5, 0.6) is 0 Å². The Kier molecular flexibility index (Phi) is 5.14. The Morgan fingerprint density at radius 3 is 2.83 bits per heavy atom. The topological polar surface area (TPSA) is 61.7 Å². The highest BCUT2D eigenvalue weighted by molar-refractivity contribution is 5.38. The van der Waals surface area contributed by atoms with Gasteiger partial charge in [0, 0.05) is 51.7 Å². The Morgan fingerprint density at radius 1 is 1.35 bits per heavy atom. The summed E-state index contributed by atoms with van der Waals surface area (Å²) in [6.45, 7) is 5.98. The van der Waals surface area contributed by atoms with Gasteiger partial charge in [-0.15, -0.1) is 5.10 Å². The van der Waals surface area contributed by atoms with Crippen LogP contribution in [-0.4, -0.2) is 71.7 Å². The highest BCUT2D eigenvalue weighted by Gasteiger charge is 2.34. The van der Waals surface area contributed by atoms with Gasteiger partial charge in [-0.2, -0.15) is 5.10 Å². The third-order valence-corrected chi connectivity index (χ3v) is 5.09. The smallest absolute Gasteiger partial charge is 0.151 e. The van der Waals surface area contributed by atoms with Crippen molar-refractivity contribution in [2.24, 2.45) is 0 Å². The van der Waals surface area contributed by atoms with Crippen LogP contribution in [0.15, 0.2) is 12.1 Å². The maximum absolute atomic E-state index is 10.7. The van der Waals surface area contributed by atoms with Gasteiger partial charge >= 0.3 is 0 Å². The molecule has 128 valence electrons. The van der Waals surface area contributed by atoms with E-state index < -0.39 is 5.60 Å². The second kappa shape index (κ2) is 7.11. The summed E-state index contributed by atoms with van der Waals surface area (Å²) in [6.07, 6.45) is 3.78. The van der Waals surface area contributed by atoms with Crippen molar-refractivity contribution in [1.29, 1.82) is 0 Å². The van der Waals surface area contributed by atoms with Gasteiger partial charge in [-0.3, -0.25) is 4.90 Å². The van der Waals surface area contributed by atoms with Gasteiger partial charge in [0.25, 0.3) is 0 Å². The molecule has 0 aliphatic carbocycles. The number of rotatable bonds is 4. The molecule has 3 heterocycles. The lowest BCUT2D eigenvalue weighted by Crippen LogP contribution is -2.53. The zero-order valence-electron chi connectivity index (χ0n) is 14.2. The molecule has 2 saturated heterocycles. The third-order valence-electron chi connectivity index (χ3n) is 5.09. The van der Waals surface area contributed by atoms with Crippen molar-refractivity contribution >= 4 is 5.82 Å². The number of piperidine rings is 1. The van der Waals surface area contributed by atoms with Crippen molar-refractivity contribution in [1.82, 2.24) is 15.1 Å². The average molecular weight is 320 g/mol. The number of aryl methyl sites for hydroxylation is 1. The highest BCUT2D eigenvalue weighted by atomic mass is 16.5. The molecule has 1 aromatic rings. The number of nitrogens with zero attached hydrogens (tertiary/aromatic N) is 4. The minimum absolute atomic E-state index is 0.443. The van der Waals surface area contributed by atoms with Gasteiger partial charge < -0.3 is 14.7 Å². The molecule has 1 atom stereocenters. The predicted octanol–water partition coefficient (Wildman–Crippen LogP) is 1.23. The number of ether oxygens (including phenoxy) is 1. The van der Waals surface area contributed by atoms with Crippen LogP contribution in [0.3, 0.4) is 0 Å². The lowest BCUT2D eigenvalue weighted by molar-refractivity contribution is -0.0818. The van der Waals surface area contributed by atoms with Crippen molar-refractivity contribution in [3.8, 4) is 0 Å². The molecular weight excluding hydrogens is 292 g/mol. The van der Waals surface area contributed by atoms with Crippen LogP contribution in [0.4, 0.5) is 5.82 Å². The largest absolute Gasteiger partial charge is 0.388 e. The summed E-state index contributed by atoms with van der Waals surface area (Å²) in [6, 6.07) is 4.51. The lowest BCUT2D eigenvalue weighted by Gasteiger charge is -2.42. The number of anilines is 1.